The molecule has 234 valence electrons. The normalized spacial score (nSPS) is 11.0. The van der Waals surface area contributed by atoms with Crippen LogP contribution in [0.25, 0.3) is 15.8 Å². The summed E-state index contributed by atoms with van der Waals surface area (Å²) in [7, 11) is 0. The minimum absolute atomic E-state index is 0.167. The average Bonchev–Trinajstić information content (AvgIpc) is 3.69. The number of hydrogen-bond acceptors (Lipinski definition) is 9. The monoisotopic (exact) mass is 634 g/mol. The van der Waals surface area contributed by atoms with Gasteiger partial charge in [-0.25, -0.2) is 19.4 Å². The number of anilines is 4. The summed E-state index contributed by atoms with van der Waals surface area (Å²) < 4.78 is 8.05. The maximum atomic E-state index is 13.3. The van der Waals surface area contributed by atoms with Crippen LogP contribution in [0.2, 0.25) is 0 Å². The number of hydrogen-bond donors (Lipinski definition) is 4. The number of carbonyl (C=O) groups excluding carboxylic acids is 1. The molecule has 0 saturated heterocycles. The second kappa shape index (κ2) is 14.2. The van der Waals surface area contributed by atoms with Gasteiger partial charge >= 0.3 is 6.03 Å². The van der Waals surface area contributed by atoms with Crippen molar-refractivity contribution in [3.63, 3.8) is 0 Å². The number of thiophene rings is 1. The molecule has 0 aliphatic rings. The fraction of sp³-hybridized carbons (Fsp3) is 0.206. The number of aryl methyl sites for hydroxylation is 2. The summed E-state index contributed by atoms with van der Waals surface area (Å²) in [5, 5.41) is 25.8. The van der Waals surface area contributed by atoms with Gasteiger partial charge < -0.3 is 20.5 Å². The van der Waals surface area contributed by atoms with Crippen LogP contribution in [0.1, 0.15) is 41.6 Å². The first-order valence-corrected chi connectivity index (χ1v) is 15.8. The summed E-state index contributed by atoms with van der Waals surface area (Å²) in [5.41, 5.74) is 2.99. The molecule has 0 unspecified atom stereocenters. The molecule has 0 aliphatic heterocycles. The van der Waals surface area contributed by atoms with E-state index >= 15 is 0 Å². The van der Waals surface area contributed by atoms with Gasteiger partial charge in [-0.1, -0.05) is 37.6 Å². The Morgan fingerprint density at radius 1 is 0.935 bits per heavy atom. The van der Waals surface area contributed by atoms with E-state index in [0.717, 1.165) is 46.3 Å². The summed E-state index contributed by atoms with van der Waals surface area (Å²) in [6.45, 7) is 4.34. The molecule has 4 heterocycles. The number of urea groups is 1. The second-order valence-electron chi connectivity index (χ2n) is 10.7. The Hall–Kier alpha value is -5.33. The lowest BCUT2D eigenvalue weighted by molar-refractivity contribution is 0.262. The summed E-state index contributed by atoms with van der Waals surface area (Å²) in [6.07, 6.45) is 7.69. The third-order valence-electron chi connectivity index (χ3n) is 7.20. The van der Waals surface area contributed by atoms with Crippen molar-refractivity contribution in [2.45, 2.75) is 46.3 Å². The zero-order chi connectivity index (χ0) is 31.9. The lowest BCUT2D eigenvalue weighted by Crippen LogP contribution is -2.21. The van der Waals surface area contributed by atoms with Crippen LogP contribution in [-0.2, 0) is 19.6 Å². The number of nitrogens with zero attached hydrogens (tertiary/aromatic N) is 5. The Kier molecular flexibility index (Phi) is 9.46. The largest absolute Gasteiger partial charge is 0.488 e. The third-order valence-corrected chi connectivity index (χ3v) is 8.17. The maximum absolute atomic E-state index is 13.3. The number of rotatable bonds is 12. The van der Waals surface area contributed by atoms with Gasteiger partial charge in [0.2, 0.25) is 0 Å². The number of amides is 2. The van der Waals surface area contributed by atoms with E-state index in [1.54, 1.807) is 28.4 Å². The summed E-state index contributed by atoms with van der Waals surface area (Å²) in [6, 6.07) is 20.9. The van der Waals surface area contributed by atoms with Gasteiger partial charge in [-0.2, -0.15) is 5.10 Å². The highest BCUT2D eigenvalue weighted by Crippen LogP contribution is 2.33. The van der Waals surface area contributed by atoms with Crippen molar-refractivity contribution in [3.05, 3.63) is 107 Å². The van der Waals surface area contributed by atoms with Crippen LogP contribution in [0.15, 0.2) is 85.3 Å². The lowest BCUT2D eigenvalue weighted by Gasteiger charge is -2.14. The molecule has 4 aromatic heterocycles. The molecule has 6 aromatic rings. The summed E-state index contributed by atoms with van der Waals surface area (Å²) in [5.74, 6) is 2.42. The van der Waals surface area contributed by atoms with Crippen LogP contribution in [-0.4, -0.2) is 35.9 Å². The quantitative estimate of drug-likeness (QED) is 0.109. The van der Waals surface area contributed by atoms with Gasteiger partial charge in [0, 0.05) is 27.9 Å². The van der Waals surface area contributed by atoms with Gasteiger partial charge in [0.25, 0.3) is 0 Å². The standard InChI is InChI=1S/C34H34N8O3S/c1-3-4-7-24-17-32(42(41-24)33-13-10-22(2)46-33)40-34(44)38-28-11-12-29(27-9-6-5-8-26(27)28)45-21-23-14-15-35-30(16-23)39-31-19-36-25(20-43)18-37-31/h5-6,8-19,43H,3-4,7,20-21H2,1-2H3,(H,35,37,39)(H2,38,40,44). The number of pyridine rings is 1. The van der Waals surface area contributed by atoms with Gasteiger partial charge in [-0.3, -0.25) is 10.3 Å². The molecule has 0 bridgehead atoms. The molecular weight excluding hydrogens is 600 g/mol. The van der Waals surface area contributed by atoms with E-state index in [-0.39, 0.29) is 12.6 Å². The molecule has 0 aliphatic carbocycles. The number of aliphatic hydroxyl groups is 1. The molecule has 0 radical (unpaired) electrons. The molecule has 11 nitrogen and oxygen atoms in total. The first-order valence-electron chi connectivity index (χ1n) is 15.0. The Labute approximate surface area is 270 Å². The molecule has 0 fully saturated rings. The second-order valence-corrected chi connectivity index (χ2v) is 11.9. The molecule has 46 heavy (non-hydrogen) atoms. The zero-order valence-electron chi connectivity index (χ0n) is 25.5. The predicted octanol–water partition coefficient (Wildman–Crippen LogP) is 7.38. The van der Waals surface area contributed by atoms with Crippen molar-refractivity contribution in [1.82, 2.24) is 24.7 Å². The minimum Gasteiger partial charge on any atom is -0.488 e. The van der Waals surface area contributed by atoms with Crippen molar-refractivity contribution in [3.8, 4) is 10.8 Å². The van der Waals surface area contributed by atoms with Crippen molar-refractivity contribution in [2.24, 2.45) is 0 Å². The van der Waals surface area contributed by atoms with Crippen molar-refractivity contribution in [2.75, 3.05) is 16.0 Å². The molecule has 0 saturated carbocycles. The first kappa shape index (κ1) is 30.7. The molecule has 0 atom stereocenters. The molecule has 12 heteroatoms. The Morgan fingerprint density at radius 2 is 1.80 bits per heavy atom. The number of carbonyl (C=O) groups is 1. The van der Waals surface area contributed by atoms with Crippen molar-refractivity contribution < 1.29 is 14.6 Å². The van der Waals surface area contributed by atoms with E-state index in [1.807, 2.05) is 66.7 Å². The number of unbranched alkanes of at least 4 members (excludes halogenated alkanes) is 1. The lowest BCUT2D eigenvalue weighted by atomic mass is 10.1. The maximum Gasteiger partial charge on any atom is 0.324 e. The molecular formula is C34H34N8O3S. The van der Waals surface area contributed by atoms with Gasteiger partial charge in [-0.05, 0) is 61.7 Å². The fourth-order valence-corrected chi connectivity index (χ4v) is 5.73. The fourth-order valence-electron chi connectivity index (χ4n) is 4.90. The average molecular weight is 635 g/mol. The van der Waals surface area contributed by atoms with Crippen LogP contribution in [0.3, 0.4) is 0 Å². The molecule has 0 spiro atoms. The van der Waals surface area contributed by atoms with E-state index in [4.69, 9.17) is 9.84 Å². The topological polar surface area (TPSA) is 139 Å². The van der Waals surface area contributed by atoms with Gasteiger partial charge in [0.15, 0.2) is 0 Å². The summed E-state index contributed by atoms with van der Waals surface area (Å²) in [4.78, 5) is 27.2. The summed E-state index contributed by atoms with van der Waals surface area (Å²) >= 11 is 1.63. The van der Waals surface area contributed by atoms with Crippen LogP contribution in [0.4, 0.5) is 27.9 Å². The predicted molar refractivity (Wildman–Crippen MR) is 181 cm³/mol. The van der Waals surface area contributed by atoms with E-state index in [1.165, 1.54) is 11.1 Å². The van der Waals surface area contributed by atoms with Crippen LogP contribution >= 0.6 is 11.3 Å². The molecule has 6 rings (SSSR count). The van der Waals surface area contributed by atoms with Gasteiger partial charge in [-0.15, -0.1) is 11.3 Å². The van der Waals surface area contributed by atoms with E-state index in [0.29, 0.717) is 41.2 Å². The van der Waals surface area contributed by atoms with Crippen molar-refractivity contribution >= 4 is 51.3 Å². The molecule has 2 amide bonds. The Balaban J connectivity index is 1.15. The van der Waals surface area contributed by atoms with Gasteiger partial charge in [0.1, 0.15) is 34.8 Å². The Bertz CT molecular complexity index is 1950. The SMILES string of the molecule is CCCCc1cc(NC(=O)Nc2ccc(OCc3ccnc(Nc4cnc(CO)cn4)c3)c3ccccc23)n(-c2ccc(C)s2)n1. The van der Waals surface area contributed by atoms with E-state index in [9.17, 15) is 9.90 Å². The number of fused-ring (bicyclic) bond motifs is 1. The minimum atomic E-state index is -0.359. The van der Waals surface area contributed by atoms with E-state index in [2.05, 4.69) is 44.7 Å². The number of ether oxygens (including phenoxy) is 1. The highest BCUT2D eigenvalue weighted by molar-refractivity contribution is 7.14. The Morgan fingerprint density at radius 3 is 2.57 bits per heavy atom. The highest BCUT2D eigenvalue weighted by Gasteiger charge is 2.16. The number of aromatic nitrogens is 5. The van der Waals surface area contributed by atoms with Crippen LogP contribution < -0.4 is 20.7 Å². The first-order chi connectivity index (χ1) is 22.5. The van der Waals surface area contributed by atoms with Crippen molar-refractivity contribution in [1.29, 1.82) is 0 Å². The molecule has 2 aromatic carbocycles. The highest BCUT2D eigenvalue weighted by atomic mass is 32.1. The third kappa shape index (κ3) is 7.31. The van der Waals surface area contributed by atoms with Crippen LogP contribution in [0, 0.1) is 6.92 Å². The van der Waals surface area contributed by atoms with Crippen LogP contribution in [0.5, 0.6) is 5.75 Å². The number of aliphatic hydroxyl groups excluding tert-OH is 1. The zero-order valence-corrected chi connectivity index (χ0v) is 26.3. The van der Waals surface area contributed by atoms with E-state index < -0.39 is 0 Å². The molecule has 4 N–H and O–H groups in total. The number of benzene rings is 2. The number of nitrogens with one attached hydrogen (secondary N) is 3. The van der Waals surface area contributed by atoms with Gasteiger partial charge in [0.05, 0.1) is 36.1 Å². The smallest absolute Gasteiger partial charge is 0.324 e.